The van der Waals surface area contributed by atoms with Gasteiger partial charge in [0.05, 0.1) is 35.3 Å². The van der Waals surface area contributed by atoms with Crippen molar-refractivity contribution in [3.63, 3.8) is 0 Å². The molecule has 0 spiro atoms. The molecule has 4 nitrogen and oxygen atoms in total. The Morgan fingerprint density at radius 2 is 2.00 bits per heavy atom. The van der Waals surface area contributed by atoms with Crippen LogP contribution in [0.4, 0.5) is 0 Å². The molecular weight excluding hydrogens is 274 g/mol. The highest BCUT2D eigenvalue weighted by atomic mass is 16.5. The lowest BCUT2D eigenvalue weighted by Crippen LogP contribution is -1.93. The summed E-state index contributed by atoms with van der Waals surface area (Å²) < 4.78 is 5.55. The summed E-state index contributed by atoms with van der Waals surface area (Å²) in [5, 5.41) is 9.00. The highest BCUT2D eigenvalue weighted by Gasteiger charge is 2.18. The van der Waals surface area contributed by atoms with Crippen molar-refractivity contribution in [2.45, 2.75) is 19.3 Å². The van der Waals surface area contributed by atoms with Crippen molar-refractivity contribution < 1.29 is 4.74 Å². The van der Waals surface area contributed by atoms with Crippen LogP contribution in [0.25, 0.3) is 22.4 Å². The van der Waals surface area contributed by atoms with Crippen LogP contribution in [0.15, 0.2) is 30.3 Å². The number of rotatable bonds is 2. The van der Waals surface area contributed by atoms with E-state index < -0.39 is 0 Å². The molecule has 2 aromatic carbocycles. The number of nitrogens with zero attached hydrogens (tertiary/aromatic N) is 2. The Morgan fingerprint density at radius 3 is 2.77 bits per heavy atom. The van der Waals surface area contributed by atoms with E-state index in [1.807, 2.05) is 12.1 Å². The lowest BCUT2D eigenvalue weighted by molar-refractivity contribution is 0.415. The maximum atomic E-state index is 9.00. The minimum Gasteiger partial charge on any atom is -0.496 e. The van der Waals surface area contributed by atoms with E-state index in [0.717, 1.165) is 41.0 Å². The van der Waals surface area contributed by atoms with Crippen molar-refractivity contribution in [2.24, 2.45) is 0 Å². The largest absolute Gasteiger partial charge is 0.496 e. The van der Waals surface area contributed by atoms with Crippen molar-refractivity contribution in [2.75, 3.05) is 7.11 Å². The van der Waals surface area contributed by atoms with E-state index in [4.69, 9.17) is 10.00 Å². The Bertz CT molecular complexity index is 918. The Hall–Kier alpha value is -2.80. The fraction of sp³-hybridized carbons (Fsp3) is 0.222. The summed E-state index contributed by atoms with van der Waals surface area (Å²) in [6, 6.07) is 11.9. The van der Waals surface area contributed by atoms with Crippen molar-refractivity contribution in [1.82, 2.24) is 9.97 Å². The van der Waals surface area contributed by atoms with Gasteiger partial charge < -0.3 is 9.72 Å². The smallest absolute Gasteiger partial charge is 0.142 e. The van der Waals surface area contributed by atoms with E-state index in [1.54, 1.807) is 13.2 Å². The number of H-pyrrole nitrogens is 1. The molecule has 108 valence electrons. The molecule has 0 saturated heterocycles. The van der Waals surface area contributed by atoms with Crippen molar-refractivity contribution >= 4 is 11.0 Å². The van der Waals surface area contributed by atoms with E-state index in [9.17, 15) is 0 Å². The first-order valence-corrected chi connectivity index (χ1v) is 7.38. The predicted molar refractivity (Wildman–Crippen MR) is 84.8 cm³/mol. The molecule has 3 aromatic rings. The molecule has 0 saturated carbocycles. The second kappa shape index (κ2) is 4.88. The molecule has 0 fully saturated rings. The third kappa shape index (κ3) is 1.94. The van der Waals surface area contributed by atoms with Gasteiger partial charge in [-0.05, 0) is 60.7 Å². The maximum absolute atomic E-state index is 9.00. The first-order valence-electron chi connectivity index (χ1n) is 7.38. The number of hydrogen-bond acceptors (Lipinski definition) is 3. The van der Waals surface area contributed by atoms with Crippen LogP contribution in [0.3, 0.4) is 0 Å². The Balaban J connectivity index is 1.89. The van der Waals surface area contributed by atoms with Gasteiger partial charge in [-0.25, -0.2) is 4.98 Å². The summed E-state index contributed by atoms with van der Waals surface area (Å²) in [5.74, 6) is 1.64. The van der Waals surface area contributed by atoms with E-state index >= 15 is 0 Å². The molecule has 4 heteroatoms. The highest BCUT2D eigenvalue weighted by molar-refractivity contribution is 5.82. The fourth-order valence-corrected chi connectivity index (χ4v) is 3.16. The van der Waals surface area contributed by atoms with Crippen LogP contribution in [-0.2, 0) is 12.8 Å². The monoisotopic (exact) mass is 289 g/mol. The van der Waals surface area contributed by atoms with Crippen LogP contribution < -0.4 is 4.74 Å². The lowest BCUT2D eigenvalue weighted by Gasteiger charge is -2.09. The number of nitriles is 1. The minimum atomic E-state index is 0.628. The topological polar surface area (TPSA) is 61.7 Å². The van der Waals surface area contributed by atoms with Gasteiger partial charge in [0.25, 0.3) is 0 Å². The van der Waals surface area contributed by atoms with Gasteiger partial charge in [0.15, 0.2) is 0 Å². The third-order valence-corrected chi connectivity index (χ3v) is 4.28. The van der Waals surface area contributed by atoms with Crippen molar-refractivity contribution in [3.8, 4) is 23.2 Å². The van der Waals surface area contributed by atoms with E-state index in [0.29, 0.717) is 5.56 Å². The van der Waals surface area contributed by atoms with Gasteiger partial charge in [0.2, 0.25) is 0 Å². The molecule has 0 bridgehead atoms. The zero-order valence-corrected chi connectivity index (χ0v) is 12.3. The zero-order chi connectivity index (χ0) is 15.1. The molecule has 22 heavy (non-hydrogen) atoms. The number of fused-ring (bicyclic) bond motifs is 2. The number of ether oxygens (including phenoxy) is 1. The van der Waals surface area contributed by atoms with Crippen LogP contribution >= 0.6 is 0 Å². The number of hydrogen-bond donors (Lipinski definition) is 1. The first kappa shape index (κ1) is 12.9. The highest BCUT2D eigenvalue weighted by Crippen LogP contribution is 2.35. The lowest BCUT2D eigenvalue weighted by atomic mass is 10.0. The molecule has 0 amide bonds. The van der Waals surface area contributed by atoms with Crippen LogP contribution in [0.1, 0.15) is 23.1 Å². The minimum absolute atomic E-state index is 0.628. The summed E-state index contributed by atoms with van der Waals surface area (Å²) >= 11 is 0. The Labute approximate surface area is 128 Å². The fourth-order valence-electron chi connectivity index (χ4n) is 3.16. The predicted octanol–water partition coefficient (Wildman–Crippen LogP) is 3.60. The summed E-state index contributed by atoms with van der Waals surface area (Å²) in [7, 11) is 1.69. The van der Waals surface area contributed by atoms with Crippen molar-refractivity contribution in [3.05, 3.63) is 47.0 Å². The summed E-state index contributed by atoms with van der Waals surface area (Å²) in [6.45, 7) is 0. The van der Waals surface area contributed by atoms with Gasteiger partial charge in [-0.2, -0.15) is 5.26 Å². The maximum Gasteiger partial charge on any atom is 0.142 e. The van der Waals surface area contributed by atoms with Crippen LogP contribution in [0.2, 0.25) is 0 Å². The number of methoxy groups -OCH3 is 1. The van der Waals surface area contributed by atoms with Crippen molar-refractivity contribution in [1.29, 1.82) is 5.26 Å². The molecule has 1 aliphatic rings. The normalized spacial score (nSPS) is 13.1. The number of aryl methyl sites for hydroxylation is 2. The molecule has 4 rings (SSSR count). The number of nitrogens with one attached hydrogen (secondary N) is 1. The summed E-state index contributed by atoms with van der Waals surface area (Å²) in [6.07, 6.45) is 3.44. The average Bonchev–Trinajstić information content (AvgIpc) is 3.18. The second-order valence-electron chi connectivity index (χ2n) is 5.60. The number of benzene rings is 2. The van der Waals surface area contributed by atoms with Gasteiger partial charge in [-0.3, -0.25) is 0 Å². The number of imidazole rings is 1. The molecule has 0 atom stereocenters. The van der Waals surface area contributed by atoms with E-state index in [2.05, 4.69) is 28.2 Å². The molecule has 0 unspecified atom stereocenters. The van der Waals surface area contributed by atoms with Gasteiger partial charge in [0, 0.05) is 0 Å². The standard InChI is InChI=1S/C18H15N3O/c1-22-17-9-13-4-2-3-12(13)8-14(17)18-20-15-6-5-11(10-19)7-16(15)21-18/h5-9H,2-4H2,1H3,(H,20,21). The molecule has 0 radical (unpaired) electrons. The van der Waals surface area contributed by atoms with Gasteiger partial charge in [-0.15, -0.1) is 0 Å². The van der Waals surface area contributed by atoms with E-state index in [1.165, 1.54) is 17.5 Å². The molecule has 0 aliphatic heterocycles. The van der Waals surface area contributed by atoms with Crippen LogP contribution in [-0.4, -0.2) is 17.1 Å². The third-order valence-electron chi connectivity index (χ3n) is 4.28. The van der Waals surface area contributed by atoms with Gasteiger partial charge in [0.1, 0.15) is 11.6 Å². The summed E-state index contributed by atoms with van der Waals surface area (Å²) in [4.78, 5) is 7.96. The van der Waals surface area contributed by atoms with Gasteiger partial charge in [-0.1, -0.05) is 0 Å². The SMILES string of the molecule is COc1cc2c(cc1-c1nc3ccc(C#N)cc3[nH]1)CCC2. The molecule has 1 N–H and O–H groups in total. The van der Waals surface area contributed by atoms with Gasteiger partial charge >= 0.3 is 0 Å². The molecule has 1 heterocycles. The second-order valence-corrected chi connectivity index (χ2v) is 5.60. The van der Waals surface area contributed by atoms with E-state index in [-0.39, 0.29) is 0 Å². The molecular formula is C18H15N3O. The summed E-state index contributed by atoms with van der Waals surface area (Å²) in [5.41, 5.74) is 6.10. The first-order chi connectivity index (χ1) is 10.8. The molecule has 1 aromatic heterocycles. The number of aromatic nitrogens is 2. The average molecular weight is 289 g/mol. The Morgan fingerprint density at radius 1 is 1.18 bits per heavy atom. The Kier molecular flexibility index (Phi) is 2.87. The van der Waals surface area contributed by atoms with Crippen LogP contribution in [0.5, 0.6) is 5.75 Å². The molecule has 1 aliphatic carbocycles. The quantitative estimate of drug-likeness (QED) is 0.784. The van der Waals surface area contributed by atoms with Crippen LogP contribution in [0, 0.1) is 11.3 Å². The number of aromatic amines is 1. The zero-order valence-electron chi connectivity index (χ0n) is 12.3.